The Labute approximate surface area is 280 Å². The standard InChI is InChI=1S/C46H32N2/c1-4-16-34(17-5-1)39-25-12-13-28-43(39)47(35-20-6-2-7-21-35)37-30-31-42-45(32-37)48(36-22-8-3-9-23-36)44-29-15-27-41(46(42)44)40-26-14-19-33-18-10-11-24-38(33)40/h1-32H. The number of benzene rings is 8. The summed E-state index contributed by atoms with van der Waals surface area (Å²) < 4.78 is 2.43. The fourth-order valence-corrected chi connectivity index (χ4v) is 7.27. The van der Waals surface area contributed by atoms with Crippen LogP contribution in [0.25, 0.3) is 60.5 Å². The molecule has 0 saturated carbocycles. The third-order valence-corrected chi connectivity index (χ3v) is 9.37. The molecular formula is C46H32N2. The maximum Gasteiger partial charge on any atom is 0.0562 e. The van der Waals surface area contributed by atoms with E-state index in [1.54, 1.807) is 0 Å². The fourth-order valence-electron chi connectivity index (χ4n) is 7.27. The zero-order valence-electron chi connectivity index (χ0n) is 26.4. The minimum Gasteiger partial charge on any atom is -0.310 e. The fraction of sp³-hybridized carbons (Fsp3) is 0. The predicted octanol–water partition coefficient (Wildman–Crippen LogP) is 12.7. The van der Waals surface area contributed by atoms with E-state index >= 15 is 0 Å². The van der Waals surface area contributed by atoms with Crippen molar-refractivity contribution in [1.82, 2.24) is 4.57 Å². The van der Waals surface area contributed by atoms with Crippen LogP contribution in [0.15, 0.2) is 194 Å². The molecule has 0 fully saturated rings. The van der Waals surface area contributed by atoms with Crippen molar-refractivity contribution in [1.29, 1.82) is 0 Å². The van der Waals surface area contributed by atoms with Crippen molar-refractivity contribution in [2.24, 2.45) is 0 Å². The van der Waals surface area contributed by atoms with E-state index in [1.807, 2.05) is 0 Å². The quantitative estimate of drug-likeness (QED) is 0.181. The summed E-state index contributed by atoms with van der Waals surface area (Å²) in [5.41, 5.74) is 11.7. The number of hydrogen-bond donors (Lipinski definition) is 0. The molecule has 9 rings (SSSR count). The molecule has 226 valence electrons. The van der Waals surface area contributed by atoms with Crippen LogP contribution in [-0.4, -0.2) is 4.57 Å². The van der Waals surface area contributed by atoms with Gasteiger partial charge in [0.25, 0.3) is 0 Å². The van der Waals surface area contributed by atoms with Crippen LogP contribution in [-0.2, 0) is 0 Å². The lowest BCUT2D eigenvalue weighted by atomic mass is 9.94. The zero-order valence-corrected chi connectivity index (χ0v) is 26.4. The summed E-state index contributed by atoms with van der Waals surface area (Å²) in [4.78, 5) is 2.39. The molecule has 1 aromatic heterocycles. The molecule has 0 unspecified atom stereocenters. The zero-order chi connectivity index (χ0) is 31.9. The average molecular weight is 613 g/mol. The summed E-state index contributed by atoms with van der Waals surface area (Å²) in [6.45, 7) is 0. The topological polar surface area (TPSA) is 8.17 Å². The molecule has 48 heavy (non-hydrogen) atoms. The van der Waals surface area contributed by atoms with Gasteiger partial charge in [-0.15, -0.1) is 0 Å². The number of aromatic nitrogens is 1. The molecule has 0 aliphatic carbocycles. The molecule has 0 saturated heterocycles. The second-order valence-corrected chi connectivity index (χ2v) is 12.2. The molecular weight excluding hydrogens is 581 g/mol. The lowest BCUT2D eigenvalue weighted by molar-refractivity contribution is 1.18. The van der Waals surface area contributed by atoms with Crippen LogP contribution in [0.3, 0.4) is 0 Å². The molecule has 2 heteroatoms. The van der Waals surface area contributed by atoms with Gasteiger partial charge in [-0.1, -0.05) is 146 Å². The molecule has 0 bridgehead atoms. The monoisotopic (exact) mass is 612 g/mol. The molecule has 0 atom stereocenters. The van der Waals surface area contributed by atoms with Gasteiger partial charge in [0, 0.05) is 33.4 Å². The smallest absolute Gasteiger partial charge is 0.0562 e. The van der Waals surface area contributed by atoms with Gasteiger partial charge in [0.1, 0.15) is 0 Å². The summed E-state index contributed by atoms with van der Waals surface area (Å²) in [5.74, 6) is 0. The third-order valence-electron chi connectivity index (χ3n) is 9.37. The largest absolute Gasteiger partial charge is 0.310 e. The molecule has 1 heterocycles. The van der Waals surface area contributed by atoms with E-state index in [4.69, 9.17) is 0 Å². The van der Waals surface area contributed by atoms with E-state index in [0.717, 1.165) is 22.7 Å². The Bertz CT molecular complexity index is 2540. The molecule has 0 aliphatic rings. The highest BCUT2D eigenvalue weighted by Crippen LogP contribution is 2.45. The van der Waals surface area contributed by atoms with Crippen LogP contribution in [0.2, 0.25) is 0 Å². The van der Waals surface area contributed by atoms with Crippen molar-refractivity contribution in [2.45, 2.75) is 0 Å². The second kappa shape index (κ2) is 11.8. The summed E-state index contributed by atoms with van der Waals surface area (Å²) in [5, 5.41) is 5.00. The predicted molar refractivity (Wildman–Crippen MR) is 204 cm³/mol. The number of para-hydroxylation sites is 3. The van der Waals surface area contributed by atoms with E-state index in [2.05, 4.69) is 204 Å². The molecule has 0 amide bonds. The highest BCUT2D eigenvalue weighted by Gasteiger charge is 2.21. The number of rotatable bonds is 6. The van der Waals surface area contributed by atoms with Crippen LogP contribution < -0.4 is 4.90 Å². The molecule has 8 aromatic carbocycles. The van der Waals surface area contributed by atoms with Crippen molar-refractivity contribution in [2.75, 3.05) is 4.90 Å². The molecule has 0 spiro atoms. The normalized spacial score (nSPS) is 11.3. The Hall–Kier alpha value is -6.38. The van der Waals surface area contributed by atoms with Crippen molar-refractivity contribution < 1.29 is 0 Å². The third kappa shape index (κ3) is 4.66. The number of hydrogen-bond acceptors (Lipinski definition) is 1. The van der Waals surface area contributed by atoms with E-state index in [-0.39, 0.29) is 0 Å². The van der Waals surface area contributed by atoms with Gasteiger partial charge in [0.05, 0.1) is 16.7 Å². The molecule has 0 aliphatic heterocycles. The van der Waals surface area contributed by atoms with Crippen molar-refractivity contribution >= 4 is 49.6 Å². The van der Waals surface area contributed by atoms with Gasteiger partial charge in [-0.25, -0.2) is 0 Å². The Morgan fingerprint density at radius 2 is 1.00 bits per heavy atom. The number of fused-ring (bicyclic) bond motifs is 4. The summed E-state index contributed by atoms with van der Waals surface area (Å²) in [6, 6.07) is 69.8. The van der Waals surface area contributed by atoms with Gasteiger partial charge in [-0.2, -0.15) is 0 Å². The number of nitrogens with zero attached hydrogens (tertiary/aromatic N) is 2. The van der Waals surface area contributed by atoms with Gasteiger partial charge in [-0.3, -0.25) is 0 Å². The van der Waals surface area contributed by atoms with Crippen molar-refractivity contribution in [3.63, 3.8) is 0 Å². The minimum absolute atomic E-state index is 1.10. The van der Waals surface area contributed by atoms with Gasteiger partial charge in [0.15, 0.2) is 0 Å². The van der Waals surface area contributed by atoms with Crippen LogP contribution in [0, 0.1) is 0 Å². The molecule has 0 radical (unpaired) electrons. The first-order valence-electron chi connectivity index (χ1n) is 16.5. The van der Waals surface area contributed by atoms with Crippen LogP contribution in [0.1, 0.15) is 0 Å². The van der Waals surface area contributed by atoms with Gasteiger partial charge >= 0.3 is 0 Å². The maximum atomic E-state index is 2.43. The average Bonchev–Trinajstić information content (AvgIpc) is 3.50. The lowest BCUT2D eigenvalue weighted by Crippen LogP contribution is -2.11. The lowest BCUT2D eigenvalue weighted by Gasteiger charge is -2.28. The molecule has 0 N–H and O–H groups in total. The van der Waals surface area contributed by atoms with Gasteiger partial charge in [-0.05, 0) is 76.0 Å². The van der Waals surface area contributed by atoms with E-state index in [0.29, 0.717) is 0 Å². The van der Waals surface area contributed by atoms with Crippen LogP contribution >= 0.6 is 0 Å². The SMILES string of the molecule is c1ccc(-c2ccccc2N(c2ccccc2)c2ccc3c4c(-c5cccc6ccccc56)cccc4n(-c4ccccc4)c3c2)cc1. The minimum atomic E-state index is 1.10. The summed E-state index contributed by atoms with van der Waals surface area (Å²) >= 11 is 0. The van der Waals surface area contributed by atoms with Gasteiger partial charge < -0.3 is 9.47 Å². The van der Waals surface area contributed by atoms with E-state index in [1.165, 1.54) is 54.8 Å². The Morgan fingerprint density at radius 1 is 0.375 bits per heavy atom. The summed E-state index contributed by atoms with van der Waals surface area (Å²) in [7, 11) is 0. The van der Waals surface area contributed by atoms with Crippen molar-refractivity contribution in [3.05, 3.63) is 194 Å². The highest BCUT2D eigenvalue weighted by molar-refractivity contribution is 6.18. The highest BCUT2D eigenvalue weighted by atomic mass is 15.1. The first-order valence-corrected chi connectivity index (χ1v) is 16.5. The Morgan fingerprint density at radius 3 is 1.83 bits per heavy atom. The first-order chi connectivity index (χ1) is 23.8. The van der Waals surface area contributed by atoms with Crippen LogP contribution in [0.5, 0.6) is 0 Å². The first kappa shape index (κ1) is 27.9. The Kier molecular flexibility index (Phi) is 6.84. The van der Waals surface area contributed by atoms with E-state index in [9.17, 15) is 0 Å². The molecule has 9 aromatic rings. The van der Waals surface area contributed by atoms with Crippen molar-refractivity contribution in [3.8, 4) is 27.9 Å². The molecule has 2 nitrogen and oxygen atoms in total. The van der Waals surface area contributed by atoms with Crippen LogP contribution in [0.4, 0.5) is 17.1 Å². The Balaban J connectivity index is 1.35. The number of anilines is 3. The second-order valence-electron chi connectivity index (χ2n) is 12.2. The van der Waals surface area contributed by atoms with E-state index < -0.39 is 0 Å². The summed E-state index contributed by atoms with van der Waals surface area (Å²) in [6.07, 6.45) is 0. The maximum absolute atomic E-state index is 2.43. The van der Waals surface area contributed by atoms with Gasteiger partial charge in [0.2, 0.25) is 0 Å².